The molecule has 1 saturated heterocycles. The number of amides is 1. The van der Waals surface area contributed by atoms with Crippen LogP contribution in [0.2, 0.25) is 0 Å². The van der Waals surface area contributed by atoms with Gasteiger partial charge in [-0.3, -0.25) is 4.79 Å². The van der Waals surface area contributed by atoms with Crippen LogP contribution in [0.3, 0.4) is 0 Å². The number of likely N-dealkylation sites (tertiary alicyclic amines) is 1. The SMILES string of the molecule is CCNS(=O)(=O)c1ccc(C(=O)N2CCCCCC2)cc1. The van der Waals surface area contributed by atoms with E-state index in [0.717, 1.165) is 25.9 Å². The minimum absolute atomic E-state index is 0.00991. The monoisotopic (exact) mass is 310 g/mol. The van der Waals surface area contributed by atoms with Gasteiger partial charge in [-0.05, 0) is 37.1 Å². The average Bonchev–Trinajstić information content (AvgIpc) is 2.76. The Kier molecular flexibility index (Phi) is 5.36. The van der Waals surface area contributed by atoms with Gasteiger partial charge in [-0.25, -0.2) is 13.1 Å². The van der Waals surface area contributed by atoms with Crippen molar-refractivity contribution in [2.24, 2.45) is 0 Å². The largest absolute Gasteiger partial charge is 0.339 e. The number of hydrogen-bond donors (Lipinski definition) is 1. The molecule has 1 heterocycles. The van der Waals surface area contributed by atoms with Crippen LogP contribution >= 0.6 is 0 Å². The zero-order chi connectivity index (χ0) is 15.3. The summed E-state index contributed by atoms with van der Waals surface area (Å²) in [6.45, 7) is 3.65. The van der Waals surface area contributed by atoms with Crippen LogP contribution < -0.4 is 4.72 Å². The number of carbonyl (C=O) groups excluding carboxylic acids is 1. The first-order valence-corrected chi connectivity index (χ1v) is 8.92. The van der Waals surface area contributed by atoms with E-state index < -0.39 is 10.0 Å². The van der Waals surface area contributed by atoms with E-state index in [0.29, 0.717) is 12.1 Å². The van der Waals surface area contributed by atoms with Gasteiger partial charge in [-0.2, -0.15) is 0 Å². The molecule has 0 saturated carbocycles. The second-order valence-electron chi connectivity index (χ2n) is 5.23. The van der Waals surface area contributed by atoms with Crippen LogP contribution in [0, 0.1) is 0 Å². The van der Waals surface area contributed by atoms with Crippen LogP contribution in [0.4, 0.5) is 0 Å². The molecule has 1 aromatic rings. The summed E-state index contributed by atoms with van der Waals surface area (Å²) in [4.78, 5) is 14.5. The molecule has 2 rings (SSSR count). The summed E-state index contributed by atoms with van der Waals surface area (Å²) in [5.41, 5.74) is 0.548. The number of benzene rings is 1. The Morgan fingerprint density at radius 3 is 2.19 bits per heavy atom. The highest BCUT2D eigenvalue weighted by Gasteiger charge is 2.18. The second-order valence-corrected chi connectivity index (χ2v) is 7.00. The van der Waals surface area contributed by atoms with E-state index in [1.165, 1.54) is 25.0 Å². The third kappa shape index (κ3) is 4.04. The summed E-state index contributed by atoms with van der Waals surface area (Å²) < 4.78 is 26.1. The normalized spacial score (nSPS) is 16.5. The Morgan fingerprint density at radius 2 is 1.67 bits per heavy atom. The smallest absolute Gasteiger partial charge is 0.253 e. The molecule has 0 aromatic heterocycles. The van der Waals surface area contributed by atoms with Crippen molar-refractivity contribution in [2.45, 2.75) is 37.5 Å². The molecular formula is C15H22N2O3S. The van der Waals surface area contributed by atoms with Gasteiger partial charge in [-0.15, -0.1) is 0 Å². The quantitative estimate of drug-likeness (QED) is 0.925. The first-order chi connectivity index (χ1) is 10.0. The lowest BCUT2D eigenvalue weighted by molar-refractivity contribution is 0.0761. The van der Waals surface area contributed by atoms with Gasteiger partial charge in [0, 0.05) is 25.2 Å². The lowest BCUT2D eigenvalue weighted by atomic mass is 10.2. The summed E-state index contributed by atoms with van der Waals surface area (Å²) in [6, 6.07) is 6.17. The first kappa shape index (κ1) is 16.0. The molecule has 21 heavy (non-hydrogen) atoms. The van der Waals surface area contributed by atoms with Crippen molar-refractivity contribution in [3.05, 3.63) is 29.8 Å². The van der Waals surface area contributed by atoms with Crippen molar-refractivity contribution in [1.82, 2.24) is 9.62 Å². The summed E-state index contributed by atoms with van der Waals surface area (Å²) >= 11 is 0. The molecule has 1 aliphatic rings. The van der Waals surface area contributed by atoms with Crippen molar-refractivity contribution in [2.75, 3.05) is 19.6 Å². The van der Waals surface area contributed by atoms with Crippen LogP contribution in [-0.2, 0) is 10.0 Å². The van der Waals surface area contributed by atoms with Crippen LogP contribution in [0.15, 0.2) is 29.2 Å². The highest BCUT2D eigenvalue weighted by molar-refractivity contribution is 7.89. The highest BCUT2D eigenvalue weighted by Crippen LogP contribution is 2.15. The van der Waals surface area contributed by atoms with E-state index in [1.807, 2.05) is 4.90 Å². The predicted octanol–water partition coefficient (Wildman–Crippen LogP) is 2.00. The summed E-state index contributed by atoms with van der Waals surface area (Å²) in [6.07, 6.45) is 4.42. The number of sulfonamides is 1. The van der Waals surface area contributed by atoms with Crippen LogP contribution in [0.5, 0.6) is 0 Å². The maximum Gasteiger partial charge on any atom is 0.253 e. The standard InChI is InChI=1S/C15H22N2O3S/c1-2-16-21(19,20)14-9-7-13(8-10-14)15(18)17-11-5-3-4-6-12-17/h7-10,16H,2-6,11-12H2,1H3. The molecule has 1 aliphatic heterocycles. The van der Waals surface area contributed by atoms with E-state index >= 15 is 0 Å². The van der Waals surface area contributed by atoms with Gasteiger partial charge < -0.3 is 4.90 Å². The fraction of sp³-hybridized carbons (Fsp3) is 0.533. The maximum absolute atomic E-state index is 12.4. The molecule has 0 radical (unpaired) electrons. The molecule has 0 unspecified atom stereocenters. The van der Waals surface area contributed by atoms with Gasteiger partial charge in [0.1, 0.15) is 0 Å². The van der Waals surface area contributed by atoms with Gasteiger partial charge in [0.05, 0.1) is 4.90 Å². The Hall–Kier alpha value is -1.40. The summed E-state index contributed by atoms with van der Waals surface area (Å²) in [5, 5.41) is 0. The minimum Gasteiger partial charge on any atom is -0.339 e. The van der Waals surface area contributed by atoms with Gasteiger partial charge in [0.15, 0.2) is 0 Å². The first-order valence-electron chi connectivity index (χ1n) is 7.43. The van der Waals surface area contributed by atoms with Crippen molar-refractivity contribution >= 4 is 15.9 Å². The topological polar surface area (TPSA) is 66.5 Å². The van der Waals surface area contributed by atoms with Gasteiger partial charge in [0.2, 0.25) is 10.0 Å². The minimum atomic E-state index is -3.46. The van der Waals surface area contributed by atoms with E-state index in [4.69, 9.17) is 0 Å². The summed E-state index contributed by atoms with van der Waals surface area (Å²) in [7, 11) is -3.46. The molecule has 1 aromatic carbocycles. The molecule has 0 bridgehead atoms. The number of rotatable bonds is 4. The van der Waals surface area contributed by atoms with Crippen molar-refractivity contribution < 1.29 is 13.2 Å². The Balaban J connectivity index is 2.13. The molecule has 6 heteroatoms. The average molecular weight is 310 g/mol. The van der Waals surface area contributed by atoms with E-state index in [2.05, 4.69) is 4.72 Å². The second kappa shape index (κ2) is 7.04. The third-order valence-electron chi connectivity index (χ3n) is 3.64. The van der Waals surface area contributed by atoms with Gasteiger partial charge in [0.25, 0.3) is 5.91 Å². The van der Waals surface area contributed by atoms with Gasteiger partial charge >= 0.3 is 0 Å². The predicted molar refractivity (Wildman–Crippen MR) is 81.7 cm³/mol. The van der Waals surface area contributed by atoms with Crippen molar-refractivity contribution in [3.8, 4) is 0 Å². The molecule has 0 aliphatic carbocycles. The number of nitrogens with zero attached hydrogens (tertiary/aromatic N) is 1. The Labute approximate surface area is 126 Å². The zero-order valence-electron chi connectivity index (χ0n) is 12.3. The van der Waals surface area contributed by atoms with Crippen molar-refractivity contribution in [1.29, 1.82) is 0 Å². The summed E-state index contributed by atoms with van der Waals surface area (Å²) in [5.74, 6) is -0.00991. The number of hydrogen-bond acceptors (Lipinski definition) is 3. The lowest BCUT2D eigenvalue weighted by Gasteiger charge is -2.20. The number of nitrogens with one attached hydrogen (secondary N) is 1. The molecule has 1 N–H and O–H groups in total. The van der Waals surface area contributed by atoms with Crippen LogP contribution in [0.25, 0.3) is 0 Å². The molecule has 0 atom stereocenters. The van der Waals surface area contributed by atoms with E-state index in [-0.39, 0.29) is 10.8 Å². The number of carbonyl (C=O) groups is 1. The molecule has 0 spiro atoms. The molecular weight excluding hydrogens is 288 g/mol. The third-order valence-corrected chi connectivity index (χ3v) is 5.20. The van der Waals surface area contributed by atoms with E-state index in [9.17, 15) is 13.2 Å². The molecule has 5 nitrogen and oxygen atoms in total. The van der Waals surface area contributed by atoms with Crippen molar-refractivity contribution in [3.63, 3.8) is 0 Å². The Bertz CT molecular complexity index is 573. The highest BCUT2D eigenvalue weighted by atomic mass is 32.2. The fourth-order valence-corrected chi connectivity index (χ4v) is 3.55. The van der Waals surface area contributed by atoms with E-state index in [1.54, 1.807) is 19.1 Å². The Morgan fingerprint density at radius 1 is 1.10 bits per heavy atom. The molecule has 116 valence electrons. The van der Waals surface area contributed by atoms with Crippen LogP contribution in [0.1, 0.15) is 43.0 Å². The fourth-order valence-electron chi connectivity index (χ4n) is 2.51. The molecule has 1 amide bonds. The lowest BCUT2D eigenvalue weighted by Crippen LogP contribution is -2.31. The zero-order valence-corrected chi connectivity index (χ0v) is 13.2. The van der Waals surface area contributed by atoms with Crippen LogP contribution in [-0.4, -0.2) is 38.9 Å². The molecule has 1 fully saturated rings. The van der Waals surface area contributed by atoms with Gasteiger partial charge in [-0.1, -0.05) is 19.8 Å². The maximum atomic E-state index is 12.4.